The number of hydrogen-bond donors (Lipinski definition) is 1. The molecule has 8 heteroatoms. The Kier molecular flexibility index (Phi) is 4.46. The zero-order valence-electron chi connectivity index (χ0n) is 10.2. The summed E-state index contributed by atoms with van der Waals surface area (Å²) in [6, 6.07) is 4.16. The molecule has 3 rings (SSSR count). The van der Waals surface area contributed by atoms with Gasteiger partial charge in [-0.3, -0.25) is 0 Å². The van der Waals surface area contributed by atoms with E-state index >= 15 is 0 Å². The molecule has 0 bridgehead atoms. The zero-order chi connectivity index (χ0) is 14.7. The maximum Gasteiger partial charge on any atom is 0.291 e. The van der Waals surface area contributed by atoms with Crippen LogP contribution in [-0.4, -0.2) is 19.8 Å². The van der Waals surface area contributed by atoms with Crippen molar-refractivity contribution in [2.45, 2.75) is 18.9 Å². The standard InChI is InChI=1S/C12H10Cl2N2.HNO3/c13-8-5-10-9(11(14)6-8)1-2-12(10)16-4-3-15-7-16;2-1(3)4/h3-7,12H,1-2H2;(H,2,3,4). The first kappa shape index (κ1) is 14.6. The highest BCUT2D eigenvalue weighted by atomic mass is 35.5. The third-order valence-corrected chi connectivity index (χ3v) is 3.66. The van der Waals surface area contributed by atoms with E-state index in [1.807, 2.05) is 24.7 Å². The van der Waals surface area contributed by atoms with Crippen LogP contribution in [0.15, 0.2) is 30.9 Å². The van der Waals surface area contributed by atoms with Crippen molar-refractivity contribution < 1.29 is 10.3 Å². The van der Waals surface area contributed by atoms with Crippen LogP contribution in [0.1, 0.15) is 23.6 Å². The number of aromatic nitrogens is 2. The minimum absolute atomic E-state index is 0.327. The summed E-state index contributed by atoms with van der Waals surface area (Å²) in [5.74, 6) is 0. The van der Waals surface area contributed by atoms with Crippen LogP contribution >= 0.6 is 23.2 Å². The second-order valence-electron chi connectivity index (χ2n) is 4.26. The Bertz CT molecular complexity index is 613. The van der Waals surface area contributed by atoms with Crippen molar-refractivity contribution in [1.82, 2.24) is 9.55 Å². The molecule has 1 aromatic carbocycles. The van der Waals surface area contributed by atoms with Crippen molar-refractivity contribution in [2.75, 3.05) is 0 Å². The molecule has 1 heterocycles. The number of hydrogen-bond acceptors (Lipinski definition) is 3. The Labute approximate surface area is 124 Å². The van der Waals surface area contributed by atoms with Crippen LogP contribution in [0.5, 0.6) is 0 Å². The lowest BCUT2D eigenvalue weighted by Gasteiger charge is -2.13. The Morgan fingerprint density at radius 3 is 2.75 bits per heavy atom. The smallest absolute Gasteiger partial charge is 0.291 e. The summed E-state index contributed by atoms with van der Waals surface area (Å²) in [7, 11) is 0. The molecule has 1 aromatic heterocycles. The van der Waals surface area contributed by atoms with E-state index in [9.17, 15) is 0 Å². The topological polar surface area (TPSA) is 81.2 Å². The van der Waals surface area contributed by atoms with Crippen LogP contribution < -0.4 is 0 Å². The van der Waals surface area contributed by atoms with Crippen molar-refractivity contribution in [3.63, 3.8) is 0 Å². The normalized spacial score (nSPS) is 16.2. The van der Waals surface area contributed by atoms with Gasteiger partial charge in [-0.05, 0) is 36.1 Å². The van der Waals surface area contributed by atoms with Gasteiger partial charge in [0.15, 0.2) is 0 Å². The van der Waals surface area contributed by atoms with Crippen molar-refractivity contribution in [3.05, 3.63) is 62.1 Å². The molecule has 2 aromatic rings. The van der Waals surface area contributed by atoms with E-state index in [0.29, 0.717) is 11.1 Å². The van der Waals surface area contributed by atoms with Crippen LogP contribution in [0.3, 0.4) is 0 Å². The number of imidazole rings is 1. The SMILES string of the molecule is Clc1cc(Cl)c2c(c1)C(n1ccnc1)CC2.O=[N+]([O-])O. The molecular formula is C12H11Cl2N3O3. The van der Waals surface area contributed by atoms with Gasteiger partial charge in [0.1, 0.15) is 0 Å². The molecule has 0 radical (unpaired) electrons. The molecular weight excluding hydrogens is 305 g/mol. The number of fused-ring (bicyclic) bond motifs is 1. The van der Waals surface area contributed by atoms with Gasteiger partial charge in [-0.1, -0.05) is 23.2 Å². The lowest BCUT2D eigenvalue weighted by atomic mass is 10.1. The molecule has 1 N–H and O–H groups in total. The summed E-state index contributed by atoms with van der Waals surface area (Å²) in [6.45, 7) is 0. The van der Waals surface area contributed by atoms with Gasteiger partial charge in [0.2, 0.25) is 0 Å². The van der Waals surface area contributed by atoms with Crippen molar-refractivity contribution >= 4 is 23.2 Å². The van der Waals surface area contributed by atoms with Gasteiger partial charge >= 0.3 is 0 Å². The molecule has 0 saturated heterocycles. The van der Waals surface area contributed by atoms with Crippen LogP contribution in [-0.2, 0) is 6.42 Å². The van der Waals surface area contributed by atoms with Gasteiger partial charge in [0.05, 0.1) is 12.4 Å². The summed E-state index contributed by atoms with van der Waals surface area (Å²) < 4.78 is 2.11. The van der Waals surface area contributed by atoms with Crippen LogP contribution in [0, 0.1) is 10.1 Å². The van der Waals surface area contributed by atoms with E-state index in [0.717, 1.165) is 17.9 Å². The van der Waals surface area contributed by atoms with E-state index in [4.69, 9.17) is 38.5 Å². The van der Waals surface area contributed by atoms with Crippen molar-refractivity contribution in [1.29, 1.82) is 0 Å². The van der Waals surface area contributed by atoms with Gasteiger partial charge in [0, 0.05) is 22.4 Å². The molecule has 20 heavy (non-hydrogen) atoms. The molecule has 0 spiro atoms. The predicted molar refractivity (Wildman–Crippen MR) is 73.9 cm³/mol. The Hall–Kier alpha value is -1.79. The molecule has 0 amide bonds. The van der Waals surface area contributed by atoms with Gasteiger partial charge in [-0.25, -0.2) is 4.98 Å². The Morgan fingerprint density at radius 2 is 2.15 bits per heavy atom. The maximum absolute atomic E-state index is 8.36. The summed E-state index contributed by atoms with van der Waals surface area (Å²) >= 11 is 12.2. The highest BCUT2D eigenvalue weighted by Crippen LogP contribution is 2.39. The summed E-state index contributed by atoms with van der Waals surface area (Å²) in [5.41, 5.74) is 2.46. The molecule has 1 atom stereocenters. The van der Waals surface area contributed by atoms with Gasteiger partial charge in [-0.2, -0.15) is 0 Å². The largest absolute Gasteiger partial charge is 0.330 e. The Balaban J connectivity index is 0.000000328. The fraction of sp³-hybridized carbons (Fsp3) is 0.250. The monoisotopic (exact) mass is 315 g/mol. The van der Waals surface area contributed by atoms with Gasteiger partial charge in [0.25, 0.3) is 5.09 Å². The molecule has 1 aliphatic carbocycles. The first-order chi connectivity index (χ1) is 9.49. The van der Waals surface area contributed by atoms with Crippen LogP contribution in [0.2, 0.25) is 10.0 Å². The lowest BCUT2D eigenvalue weighted by molar-refractivity contribution is -0.742. The van der Waals surface area contributed by atoms with Gasteiger partial charge < -0.3 is 9.77 Å². The number of rotatable bonds is 1. The van der Waals surface area contributed by atoms with Gasteiger partial charge in [-0.15, -0.1) is 10.1 Å². The summed E-state index contributed by atoms with van der Waals surface area (Å²) in [6.07, 6.45) is 7.69. The predicted octanol–water partition coefficient (Wildman–Crippen LogP) is 3.38. The fourth-order valence-corrected chi connectivity index (χ4v) is 2.99. The quantitative estimate of drug-likeness (QED) is 0.646. The third-order valence-electron chi connectivity index (χ3n) is 3.11. The van der Waals surface area contributed by atoms with E-state index in [2.05, 4.69) is 9.55 Å². The average Bonchev–Trinajstić information content (AvgIpc) is 2.94. The second-order valence-corrected chi connectivity index (χ2v) is 5.10. The third kappa shape index (κ3) is 3.20. The van der Waals surface area contributed by atoms with Crippen LogP contribution in [0.25, 0.3) is 0 Å². The van der Waals surface area contributed by atoms with E-state index in [1.54, 1.807) is 6.20 Å². The first-order valence-electron chi connectivity index (χ1n) is 5.77. The molecule has 1 aliphatic rings. The fourth-order valence-electron chi connectivity index (χ4n) is 2.38. The molecule has 0 aliphatic heterocycles. The molecule has 0 fully saturated rings. The van der Waals surface area contributed by atoms with E-state index < -0.39 is 5.09 Å². The highest BCUT2D eigenvalue weighted by Gasteiger charge is 2.25. The van der Waals surface area contributed by atoms with Crippen molar-refractivity contribution in [3.8, 4) is 0 Å². The van der Waals surface area contributed by atoms with E-state index in [1.165, 1.54) is 11.1 Å². The van der Waals surface area contributed by atoms with E-state index in [-0.39, 0.29) is 0 Å². The van der Waals surface area contributed by atoms with Crippen molar-refractivity contribution in [2.24, 2.45) is 0 Å². The highest BCUT2D eigenvalue weighted by molar-refractivity contribution is 6.35. The molecule has 1 unspecified atom stereocenters. The minimum Gasteiger partial charge on any atom is -0.330 e. The average molecular weight is 316 g/mol. The van der Waals surface area contributed by atoms with Crippen LogP contribution in [0.4, 0.5) is 0 Å². The molecule has 106 valence electrons. The number of nitrogens with zero attached hydrogens (tertiary/aromatic N) is 3. The first-order valence-corrected chi connectivity index (χ1v) is 6.53. The summed E-state index contributed by atoms with van der Waals surface area (Å²) in [4.78, 5) is 12.4. The molecule has 0 saturated carbocycles. The lowest BCUT2D eigenvalue weighted by Crippen LogP contribution is -2.04. The minimum atomic E-state index is -1.50. The summed E-state index contributed by atoms with van der Waals surface area (Å²) in [5, 5.41) is 15.1. The number of benzene rings is 1. The molecule has 6 nitrogen and oxygen atoms in total. The Morgan fingerprint density at radius 1 is 1.45 bits per heavy atom. The second kappa shape index (κ2) is 6.11. The number of halogens is 2. The maximum atomic E-state index is 8.36. The zero-order valence-corrected chi connectivity index (χ0v) is 11.8.